The minimum Gasteiger partial charge on any atom is -0.366 e. The minimum atomic E-state index is -0.731. The Bertz CT molecular complexity index is 1410. The quantitative estimate of drug-likeness (QED) is 0.162. The molecule has 0 radical (unpaired) electrons. The van der Waals surface area contributed by atoms with Crippen molar-refractivity contribution in [3.05, 3.63) is 86.2 Å². The highest BCUT2D eigenvalue weighted by molar-refractivity contribution is 7.98. The topological polar surface area (TPSA) is 121 Å². The number of primary amides is 1. The van der Waals surface area contributed by atoms with E-state index >= 15 is 0 Å². The van der Waals surface area contributed by atoms with E-state index < -0.39 is 10.8 Å². The predicted octanol–water partition coefficient (Wildman–Crippen LogP) is 3.87. The van der Waals surface area contributed by atoms with Crippen LogP contribution in [0.25, 0.3) is 21.7 Å². The third kappa shape index (κ3) is 3.87. The summed E-state index contributed by atoms with van der Waals surface area (Å²) in [6, 6.07) is 15.6. The Labute approximate surface area is 180 Å². The summed E-state index contributed by atoms with van der Waals surface area (Å²) >= 11 is 1.24. The third-order valence-electron chi connectivity index (χ3n) is 5.03. The summed E-state index contributed by atoms with van der Waals surface area (Å²) in [4.78, 5) is 40.0. The molecule has 8 nitrogen and oxygen atoms in total. The molecule has 0 saturated heterocycles. The maximum atomic E-state index is 13.1. The number of aromatic nitrogens is 2. The molecule has 0 spiro atoms. The second-order valence-corrected chi connectivity index (χ2v) is 7.86. The maximum Gasteiger partial charge on any atom is 0.274 e. The zero-order chi connectivity index (χ0) is 22.1. The summed E-state index contributed by atoms with van der Waals surface area (Å²) in [5, 5.41) is 14.4. The first kappa shape index (κ1) is 20.5. The Morgan fingerprint density at radius 1 is 1.16 bits per heavy atom. The molecule has 1 heterocycles. The van der Waals surface area contributed by atoms with E-state index in [1.807, 2.05) is 43.3 Å². The molecule has 0 fully saturated rings. The highest BCUT2D eigenvalue weighted by Gasteiger charge is 2.18. The number of carbonyl (C=O) groups excluding carboxylic acids is 1. The van der Waals surface area contributed by atoms with Crippen molar-refractivity contribution in [2.24, 2.45) is 5.73 Å². The van der Waals surface area contributed by atoms with Crippen molar-refractivity contribution in [3.8, 4) is 0 Å². The van der Waals surface area contributed by atoms with Crippen molar-refractivity contribution < 1.29 is 9.72 Å². The number of fused-ring (bicyclic) bond motifs is 2. The molecule has 0 aliphatic heterocycles. The van der Waals surface area contributed by atoms with Gasteiger partial charge in [0.2, 0.25) is 5.91 Å². The van der Waals surface area contributed by atoms with Crippen molar-refractivity contribution in [1.29, 1.82) is 0 Å². The first-order valence-electron chi connectivity index (χ1n) is 9.52. The highest BCUT2D eigenvalue weighted by atomic mass is 32.2. The van der Waals surface area contributed by atoms with Crippen LogP contribution in [0.2, 0.25) is 0 Å². The fraction of sp³-hybridized carbons (Fsp3) is 0.136. The molecule has 0 bridgehead atoms. The largest absolute Gasteiger partial charge is 0.366 e. The molecule has 0 atom stereocenters. The van der Waals surface area contributed by atoms with Crippen molar-refractivity contribution in [2.75, 3.05) is 0 Å². The van der Waals surface area contributed by atoms with Crippen LogP contribution in [0.3, 0.4) is 0 Å². The minimum absolute atomic E-state index is 0.0709. The lowest BCUT2D eigenvalue weighted by Gasteiger charge is -2.12. The van der Waals surface area contributed by atoms with Crippen LogP contribution < -0.4 is 11.3 Å². The number of hydrogen-bond acceptors (Lipinski definition) is 6. The standard InChI is InChI=1S/C22H18N4O4S/c1-2-25-21(28)17-9-13-5-3-4-6-14(13)10-18(17)24-22(25)31-12-16-8-7-15(20(23)27)11-19(16)26(29)30/h3-11H,2,12H2,1H3,(H2,23,27). The fourth-order valence-electron chi connectivity index (χ4n) is 3.43. The number of amides is 1. The number of hydrogen-bond donors (Lipinski definition) is 1. The number of carbonyl (C=O) groups is 1. The Balaban J connectivity index is 1.76. The molecule has 0 aliphatic carbocycles. The lowest BCUT2D eigenvalue weighted by atomic mass is 10.1. The molecule has 4 aromatic rings. The first-order valence-corrected chi connectivity index (χ1v) is 10.5. The lowest BCUT2D eigenvalue weighted by molar-refractivity contribution is -0.385. The van der Waals surface area contributed by atoms with Crippen LogP contribution in [0.1, 0.15) is 22.8 Å². The maximum absolute atomic E-state index is 13.1. The van der Waals surface area contributed by atoms with Gasteiger partial charge in [-0.2, -0.15) is 0 Å². The monoisotopic (exact) mass is 434 g/mol. The second-order valence-electron chi connectivity index (χ2n) is 6.91. The number of nitrogens with two attached hydrogens (primary N) is 1. The Kier molecular flexibility index (Phi) is 5.43. The van der Waals surface area contributed by atoms with Gasteiger partial charge in [-0.3, -0.25) is 24.3 Å². The van der Waals surface area contributed by atoms with Gasteiger partial charge < -0.3 is 5.73 Å². The van der Waals surface area contributed by atoms with Gasteiger partial charge in [-0.15, -0.1) is 0 Å². The number of benzene rings is 3. The summed E-state index contributed by atoms with van der Waals surface area (Å²) in [5.74, 6) is -0.522. The Morgan fingerprint density at radius 2 is 1.87 bits per heavy atom. The Hall–Kier alpha value is -3.72. The summed E-state index contributed by atoms with van der Waals surface area (Å²) in [7, 11) is 0. The number of nitro groups is 1. The number of thioether (sulfide) groups is 1. The molecule has 31 heavy (non-hydrogen) atoms. The van der Waals surface area contributed by atoms with E-state index in [0.29, 0.717) is 28.2 Å². The Morgan fingerprint density at radius 3 is 2.52 bits per heavy atom. The van der Waals surface area contributed by atoms with Crippen LogP contribution >= 0.6 is 11.8 Å². The van der Waals surface area contributed by atoms with E-state index in [0.717, 1.165) is 10.8 Å². The second kappa shape index (κ2) is 8.19. The third-order valence-corrected chi connectivity index (χ3v) is 6.05. The zero-order valence-electron chi connectivity index (χ0n) is 16.6. The molecule has 1 amide bonds. The SMILES string of the molecule is CCn1c(SCc2ccc(C(N)=O)cc2[N+](=O)[O-])nc2cc3ccccc3cc2c1=O. The highest BCUT2D eigenvalue weighted by Crippen LogP contribution is 2.29. The molecule has 2 N–H and O–H groups in total. The van der Waals surface area contributed by atoms with Crippen molar-refractivity contribution >= 4 is 45.0 Å². The van der Waals surface area contributed by atoms with Crippen LogP contribution in [0.15, 0.2) is 64.5 Å². The van der Waals surface area contributed by atoms with Crippen LogP contribution in [-0.2, 0) is 12.3 Å². The molecule has 1 aromatic heterocycles. The van der Waals surface area contributed by atoms with E-state index in [9.17, 15) is 19.7 Å². The van der Waals surface area contributed by atoms with Crippen LogP contribution in [0.4, 0.5) is 5.69 Å². The molecular formula is C22H18N4O4S. The molecule has 0 unspecified atom stereocenters. The van der Waals surface area contributed by atoms with Crippen LogP contribution in [-0.4, -0.2) is 20.4 Å². The van der Waals surface area contributed by atoms with Gasteiger partial charge >= 0.3 is 0 Å². The smallest absolute Gasteiger partial charge is 0.274 e. The zero-order valence-corrected chi connectivity index (χ0v) is 17.4. The average molecular weight is 434 g/mol. The molecular weight excluding hydrogens is 416 g/mol. The van der Waals surface area contributed by atoms with E-state index in [-0.39, 0.29) is 22.6 Å². The lowest BCUT2D eigenvalue weighted by Crippen LogP contribution is -2.22. The van der Waals surface area contributed by atoms with Crippen molar-refractivity contribution in [1.82, 2.24) is 9.55 Å². The number of nitro benzene ring substituents is 1. The summed E-state index contributed by atoms with van der Waals surface area (Å²) in [6.45, 7) is 2.27. The van der Waals surface area contributed by atoms with Crippen LogP contribution in [0.5, 0.6) is 0 Å². The normalized spacial score (nSPS) is 11.1. The van der Waals surface area contributed by atoms with Crippen LogP contribution in [0, 0.1) is 10.1 Å². The predicted molar refractivity (Wildman–Crippen MR) is 120 cm³/mol. The molecule has 0 saturated carbocycles. The van der Waals surface area contributed by atoms with Gasteiger partial charge in [0.05, 0.1) is 15.8 Å². The van der Waals surface area contributed by atoms with Crippen molar-refractivity contribution in [3.63, 3.8) is 0 Å². The van der Waals surface area contributed by atoms with E-state index in [2.05, 4.69) is 4.98 Å². The number of nitrogens with zero attached hydrogens (tertiary/aromatic N) is 3. The molecule has 9 heteroatoms. The van der Waals surface area contributed by atoms with Gasteiger partial charge in [0.15, 0.2) is 5.16 Å². The molecule has 156 valence electrons. The average Bonchev–Trinajstić information content (AvgIpc) is 2.76. The van der Waals surface area contributed by atoms with Gasteiger partial charge in [0.1, 0.15) is 0 Å². The van der Waals surface area contributed by atoms with Gasteiger partial charge in [-0.05, 0) is 35.9 Å². The van der Waals surface area contributed by atoms with Crippen molar-refractivity contribution in [2.45, 2.75) is 24.4 Å². The molecule has 4 rings (SSSR count). The van der Waals surface area contributed by atoms with Gasteiger partial charge in [0, 0.05) is 29.5 Å². The first-order chi connectivity index (χ1) is 14.9. The summed E-state index contributed by atoms with van der Waals surface area (Å²) in [5.41, 5.74) is 5.94. The molecule has 3 aromatic carbocycles. The van der Waals surface area contributed by atoms with Gasteiger partial charge in [-0.1, -0.05) is 42.1 Å². The van der Waals surface area contributed by atoms with Gasteiger partial charge in [-0.25, -0.2) is 4.98 Å². The molecule has 0 aliphatic rings. The fourth-order valence-corrected chi connectivity index (χ4v) is 4.49. The number of rotatable bonds is 6. The summed E-state index contributed by atoms with van der Waals surface area (Å²) in [6.07, 6.45) is 0. The van der Waals surface area contributed by atoms with E-state index in [1.54, 1.807) is 4.57 Å². The van der Waals surface area contributed by atoms with E-state index in [4.69, 9.17) is 5.73 Å². The van der Waals surface area contributed by atoms with Gasteiger partial charge in [0.25, 0.3) is 11.2 Å². The van der Waals surface area contributed by atoms with E-state index in [1.165, 1.54) is 30.0 Å². The summed E-state index contributed by atoms with van der Waals surface area (Å²) < 4.78 is 1.56.